The van der Waals surface area contributed by atoms with Gasteiger partial charge < -0.3 is 4.74 Å². The van der Waals surface area contributed by atoms with E-state index in [1.54, 1.807) is 0 Å². The molecule has 1 amide bonds. The van der Waals surface area contributed by atoms with Crippen molar-refractivity contribution >= 4 is 5.91 Å². The topological polar surface area (TPSA) is 38.8 Å². The molecule has 1 aromatic rings. The number of hydroxylamine groups is 2. The molecule has 1 fully saturated rings. The first-order valence-electron chi connectivity index (χ1n) is 4.52. The molecule has 2 aliphatic rings. The predicted molar refractivity (Wildman–Crippen MR) is 47.1 cm³/mol. The van der Waals surface area contributed by atoms with Crippen molar-refractivity contribution in [3.63, 3.8) is 0 Å². The van der Waals surface area contributed by atoms with E-state index in [2.05, 4.69) is 0 Å². The van der Waals surface area contributed by atoms with Crippen LogP contribution in [0.1, 0.15) is 15.9 Å². The summed E-state index contributed by atoms with van der Waals surface area (Å²) in [5.41, 5.74) is 1.75. The molecular formula is C10H9NO3. The zero-order valence-corrected chi connectivity index (χ0v) is 7.47. The molecule has 0 N–H and O–H groups in total. The van der Waals surface area contributed by atoms with Crippen molar-refractivity contribution in [3.8, 4) is 0 Å². The Labute approximate surface area is 81.0 Å². The van der Waals surface area contributed by atoms with Crippen LogP contribution >= 0.6 is 0 Å². The number of carbonyl (C=O) groups is 1. The van der Waals surface area contributed by atoms with Crippen molar-refractivity contribution in [3.05, 3.63) is 35.4 Å². The summed E-state index contributed by atoms with van der Waals surface area (Å²) in [6, 6.07) is 7.55. The highest BCUT2D eigenvalue weighted by atomic mass is 16.8. The number of carbonyl (C=O) groups excluding carboxylic acids is 1. The molecule has 4 nitrogen and oxygen atoms in total. The van der Waals surface area contributed by atoms with Crippen LogP contribution in [0.25, 0.3) is 0 Å². The summed E-state index contributed by atoms with van der Waals surface area (Å²) < 4.78 is 5.27. The van der Waals surface area contributed by atoms with Gasteiger partial charge in [-0.3, -0.25) is 4.79 Å². The van der Waals surface area contributed by atoms with E-state index in [9.17, 15) is 4.79 Å². The monoisotopic (exact) mass is 191 g/mol. The summed E-state index contributed by atoms with van der Waals surface area (Å²) in [5.74, 6) is -0.102. The Hall–Kier alpha value is -1.39. The maximum absolute atomic E-state index is 11.8. The molecule has 0 aliphatic carbocycles. The highest BCUT2D eigenvalue weighted by Crippen LogP contribution is 2.26. The van der Waals surface area contributed by atoms with Crippen LogP contribution in [0.4, 0.5) is 0 Å². The molecule has 1 atom stereocenters. The molecule has 0 spiro atoms. The van der Waals surface area contributed by atoms with Gasteiger partial charge >= 0.3 is 0 Å². The molecule has 0 radical (unpaired) electrons. The van der Waals surface area contributed by atoms with Gasteiger partial charge in [0, 0.05) is 12.0 Å². The van der Waals surface area contributed by atoms with Crippen LogP contribution in [-0.4, -0.2) is 24.0 Å². The van der Waals surface area contributed by atoms with Gasteiger partial charge in [-0.2, -0.15) is 5.06 Å². The van der Waals surface area contributed by atoms with E-state index in [1.807, 2.05) is 24.3 Å². The molecular weight excluding hydrogens is 182 g/mol. The smallest absolute Gasteiger partial charge is 0.280 e. The molecule has 2 aliphatic heterocycles. The number of nitrogens with zero attached hydrogens (tertiary/aromatic N) is 1. The van der Waals surface area contributed by atoms with E-state index in [-0.39, 0.29) is 18.9 Å². The van der Waals surface area contributed by atoms with E-state index in [4.69, 9.17) is 9.57 Å². The fourth-order valence-corrected chi connectivity index (χ4v) is 1.86. The van der Waals surface area contributed by atoms with Crippen molar-refractivity contribution in [1.82, 2.24) is 5.06 Å². The Morgan fingerprint density at radius 2 is 2.21 bits per heavy atom. The van der Waals surface area contributed by atoms with E-state index in [0.717, 1.165) is 5.56 Å². The molecule has 1 aromatic carbocycles. The molecule has 3 rings (SSSR count). The third-order valence-corrected chi connectivity index (χ3v) is 2.56. The molecule has 0 saturated carbocycles. The zero-order chi connectivity index (χ0) is 9.54. The lowest BCUT2D eigenvalue weighted by Crippen LogP contribution is -2.41. The van der Waals surface area contributed by atoms with Gasteiger partial charge in [0.15, 0.2) is 13.0 Å². The Balaban J connectivity index is 2.08. The molecule has 1 saturated heterocycles. The molecule has 0 bridgehead atoms. The molecule has 2 heterocycles. The summed E-state index contributed by atoms with van der Waals surface area (Å²) in [4.78, 5) is 16.9. The second-order valence-corrected chi connectivity index (χ2v) is 3.36. The maximum Gasteiger partial charge on any atom is 0.280 e. The van der Waals surface area contributed by atoms with Crippen LogP contribution < -0.4 is 0 Å². The van der Waals surface area contributed by atoms with E-state index < -0.39 is 0 Å². The van der Waals surface area contributed by atoms with Gasteiger partial charge in [0.1, 0.15) is 0 Å². The fraction of sp³-hybridized carbons (Fsp3) is 0.300. The lowest BCUT2D eigenvalue weighted by atomic mass is 9.99. The lowest BCUT2D eigenvalue weighted by molar-refractivity contribution is -0.0979. The SMILES string of the molecule is O=C1c2ccccc2CC2OCON12. The second-order valence-electron chi connectivity index (χ2n) is 3.36. The minimum atomic E-state index is -0.239. The molecule has 1 unspecified atom stereocenters. The minimum Gasteiger partial charge on any atom is -0.327 e. The lowest BCUT2D eigenvalue weighted by Gasteiger charge is -2.26. The quantitative estimate of drug-likeness (QED) is 0.612. The average Bonchev–Trinajstić information content (AvgIpc) is 2.66. The highest BCUT2D eigenvalue weighted by molar-refractivity contribution is 5.96. The molecule has 72 valence electrons. The molecule has 14 heavy (non-hydrogen) atoms. The fourth-order valence-electron chi connectivity index (χ4n) is 1.86. The second kappa shape index (κ2) is 2.80. The van der Waals surface area contributed by atoms with Crippen molar-refractivity contribution < 1.29 is 14.4 Å². The number of ether oxygens (including phenoxy) is 1. The Morgan fingerprint density at radius 3 is 3.14 bits per heavy atom. The summed E-state index contributed by atoms with van der Waals surface area (Å²) >= 11 is 0. The van der Waals surface area contributed by atoms with Crippen molar-refractivity contribution in [2.24, 2.45) is 0 Å². The first-order valence-corrected chi connectivity index (χ1v) is 4.52. The van der Waals surface area contributed by atoms with E-state index in [0.29, 0.717) is 12.0 Å². The third kappa shape index (κ3) is 0.981. The van der Waals surface area contributed by atoms with Crippen LogP contribution in [0.3, 0.4) is 0 Å². The number of hydrogen-bond donors (Lipinski definition) is 0. The Morgan fingerprint density at radius 1 is 1.36 bits per heavy atom. The van der Waals surface area contributed by atoms with Crippen LogP contribution in [0.2, 0.25) is 0 Å². The first-order chi connectivity index (χ1) is 6.86. The van der Waals surface area contributed by atoms with Gasteiger partial charge in [-0.1, -0.05) is 18.2 Å². The predicted octanol–water partition coefficient (Wildman–Crippen LogP) is 0.930. The highest BCUT2D eigenvalue weighted by Gasteiger charge is 2.37. The zero-order valence-electron chi connectivity index (χ0n) is 7.47. The van der Waals surface area contributed by atoms with Gasteiger partial charge in [0.05, 0.1) is 0 Å². The number of hydrogen-bond acceptors (Lipinski definition) is 3. The normalized spacial score (nSPS) is 24.7. The van der Waals surface area contributed by atoms with E-state index in [1.165, 1.54) is 5.06 Å². The summed E-state index contributed by atoms with van der Waals surface area (Å²) in [7, 11) is 0. The van der Waals surface area contributed by atoms with Gasteiger partial charge in [-0.15, -0.1) is 0 Å². The average molecular weight is 191 g/mol. The van der Waals surface area contributed by atoms with Crippen molar-refractivity contribution in [2.45, 2.75) is 12.6 Å². The molecule has 4 heteroatoms. The van der Waals surface area contributed by atoms with Crippen LogP contribution in [0, 0.1) is 0 Å². The number of fused-ring (bicyclic) bond motifs is 2. The Bertz CT molecular complexity index is 391. The largest absolute Gasteiger partial charge is 0.327 e. The number of amides is 1. The van der Waals surface area contributed by atoms with Crippen molar-refractivity contribution in [2.75, 3.05) is 6.79 Å². The van der Waals surface area contributed by atoms with Gasteiger partial charge in [-0.25, -0.2) is 4.84 Å². The van der Waals surface area contributed by atoms with Crippen molar-refractivity contribution in [1.29, 1.82) is 0 Å². The standard InChI is InChI=1S/C10H9NO3/c12-10-8-4-2-1-3-7(8)5-9-11(10)14-6-13-9/h1-4,9H,5-6H2. The summed E-state index contributed by atoms with van der Waals surface area (Å²) in [5, 5.41) is 1.32. The molecule has 0 aromatic heterocycles. The van der Waals surface area contributed by atoms with E-state index >= 15 is 0 Å². The van der Waals surface area contributed by atoms with Gasteiger partial charge in [-0.05, 0) is 11.6 Å². The Kier molecular flexibility index (Phi) is 1.59. The number of rotatable bonds is 0. The third-order valence-electron chi connectivity index (χ3n) is 2.56. The minimum absolute atomic E-state index is 0.102. The number of benzene rings is 1. The van der Waals surface area contributed by atoms with Crippen LogP contribution in [-0.2, 0) is 16.0 Å². The first kappa shape index (κ1) is 7.96. The summed E-state index contributed by atoms with van der Waals surface area (Å²) in [6.07, 6.45) is 0.472. The van der Waals surface area contributed by atoms with Crippen LogP contribution in [0.15, 0.2) is 24.3 Å². The van der Waals surface area contributed by atoms with Gasteiger partial charge in [0.25, 0.3) is 5.91 Å². The summed E-state index contributed by atoms with van der Waals surface area (Å²) in [6.45, 7) is 0.171. The van der Waals surface area contributed by atoms with Gasteiger partial charge in [0.2, 0.25) is 0 Å². The van der Waals surface area contributed by atoms with Crippen LogP contribution in [0.5, 0.6) is 0 Å². The maximum atomic E-state index is 11.8.